The van der Waals surface area contributed by atoms with E-state index < -0.39 is 0 Å². The molecule has 1 N–H and O–H groups in total. The predicted molar refractivity (Wildman–Crippen MR) is 107 cm³/mol. The molecule has 3 aromatic rings. The van der Waals surface area contributed by atoms with Crippen molar-refractivity contribution in [1.29, 1.82) is 0 Å². The zero-order valence-electron chi connectivity index (χ0n) is 16.8. The lowest BCUT2D eigenvalue weighted by Crippen LogP contribution is -2.44. The Labute approximate surface area is 178 Å². The summed E-state index contributed by atoms with van der Waals surface area (Å²) < 4.78 is 36.8. The van der Waals surface area contributed by atoms with E-state index in [0.29, 0.717) is 24.7 Å². The Hall–Kier alpha value is -3.49. The molecule has 0 bridgehead atoms. The van der Waals surface area contributed by atoms with Crippen LogP contribution in [0.3, 0.4) is 0 Å². The Bertz CT molecular complexity index is 1010. The maximum atomic E-state index is 13.0. The summed E-state index contributed by atoms with van der Waals surface area (Å²) in [4.78, 5) is 18.9. The van der Waals surface area contributed by atoms with E-state index in [2.05, 4.69) is 15.5 Å². The molecule has 1 fully saturated rings. The van der Waals surface area contributed by atoms with Crippen LogP contribution >= 0.6 is 0 Å². The summed E-state index contributed by atoms with van der Waals surface area (Å²) in [7, 11) is 0. The van der Waals surface area contributed by atoms with Crippen LogP contribution in [0.5, 0.6) is 5.75 Å². The van der Waals surface area contributed by atoms with Gasteiger partial charge in [-0.15, -0.1) is 0 Å². The van der Waals surface area contributed by atoms with Crippen molar-refractivity contribution in [3.8, 4) is 5.75 Å². The fourth-order valence-corrected chi connectivity index (χ4v) is 3.46. The molecule has 2 amide bonds. The molecule has 2 aromatic carbocycles. The van der Waals surface area contributed by atoms with Gasteiger partial charge in [-0.05, 0) is 61.2 Å². The van der Waals surface area contributed by atoms with Crippen LogP contribution in [-0.4, -0.2) is 27.6 Å². The highest BCUT2D eigenvalue weighted by Gasteiger charge is 2.31. The van der Waals surface area contributed by atoms with Crippen molar-refractivity contribution >= 4 is 6.03 Å². The summed E-state index contributed by atoms with van der Waals surface area (Å²) in [5.74, 6) is 0.525. The van der Waals surface area contributed by atoms with Gasteiger partial charge in [-0.1, -0.05) is 17.3 Å². The van der Waals surface area contributed by atoms with Gasteiger partial charge in [0.2, 0.25) is 0 Å². The lowest BCUT2D eigenvalue weighted by Gasteiger charge is -2.33. The largest absolute Gasteiger partial charge is 0.484 e. The number of carbonyl (C=O) groups excluding carboxylic acids is 1. The van der Waals surface area contributed by atoms with E-state index in [1.165, 1.54) is 36.4 Å². The van der Waals surface area contributed by atoms with Gasteiger partial charge in [0.05, 0.1) is 6.04 Å². The molecule has 2 heterocycles. The number of hydrogen-bond acceptors (Lipinski definition) is 5. The molecular formula is C22H22F2N4O3. The van der Waals surface area contributed by atoms with Crippen molar-refractivity contribution in [2.45, 2.75) is 38.5 Å². The molecule has 4 rings (SSSR count). The number of nitrogens with one attached hydrogen (secondary N) is 1. The van der Waals surface area contributed by atoms with E-state index in [9.17, 15) is 13.6 Å². The standard InChI is InChI=1S/C22H22F2N4O3/c23-16-6-4-15(5-7-16)13-25-22(29)28-12-2-1-3-19(28)21-26-20(31-27-21)14-30-18-10-8-17(24)9-11-18/h4-11,19H,1-3,12-14H2,(H,25,29). The number of benzene rings is 2. The van der Waals surface area contributed by atoms with Gasteiger partial charge in [0, 0.05) is 13.1 Å². The minimum atomic E-state index is -0.345. The Morgan fingerprint density at radius 2 is 1.81 bits per heavy atom. The number of piperidine rings is 1. The monoisotopic (exact) mass is 428 g/mol. The fourth-order valence-electron chi connectivity index (χ4n) is 3.46. The minimum Gasteiger partial charge on any atom is -0.484 e. The van der Waals surface area contributed by atoms with Crippen LogP contribution in [0.2, 0.25) is 0 Å². The van der Waals surface area contributed by atoms with Gasteiger partial charge in [-0.25, -0.2) is 13.6 Å². The quantitative estimate of drug-likeness (QED) is 0.631. The third-order valence-electron chi connectivity index (χ3n) is 5.08. The third-order valence-corrected chi connectivity index (χ3v) is 5.08. The summed E-state index contributed by atoms with van der Waals surface area (Å²) in [6.45, 7) is 0.920. The van der Waals surface area contributed by atoms with Crippen LogP contribution in [-0.2, 0) is 13.2 Å². The molecule has 1 atom stereocenters. The maximum Gasteiger partial charge on any atom is 0.318 e. The summed E-state index contributed by atoms with van der Waals surface area (Å²) >= 11 is 0. The van der Waals surface area contributed by atoms with Gasteiger partial charge in [0.25, 0.3) is 5.89 Å². The van der Waals surface area contributed by atoms with E-state index in [4.69, 9.17) is 9.26 Å². The van der Waals surface area contributed by atoms with Crippen LogP contribution in [0.4, 0.5) is 13.6 Å². The van der Waals surface area contributed by atoms with Gasteiger partial charge in [0.1, 0.15) is 17.4 Å². The molecule has 0 spiro atoms. The first-order valence-corrected chi connectivity index (χ1v) is 10.1. The first kappa shape index (κ1) is 20.8. The van der Waals surface area contributed by atoms with Gasteiger partial charge in [-0.3, -0.25) is 0 Å². The second kappa shape index (κ2) is 9.55. The van der Waals surface area contributed by atoms with Crippen molar-refractivity contribution < 1.29 is 22.8 Å². The van der Waals surface area contributed by atoms with Crippen molar-refractivity contribution in [1.82, 2.24) is 20.4 Å². The molecule has 1 aliphatic rings. The number of nitrogens with zero attached hydrogens (tertiary/aromatic N) is 3. The number of amides is 2. The molecule has 1 aliphatic heterocycles. The molecule has 0 radical (unpaired) electrons. The Morgan fingerprint density at radius 1 is 1.10 bits per heavy atom. The van der Waals surface area contributed by atoms with Gasteiger partial charge < -0.3 is 19.5 Å². The molecule has 1 saturated heterocycles. The zero-order chi connectivity index (χ0) is 21.6. The number of carbonyl (C=O) groups is 1. The van der Waals surface area contributed by atoms with Gasteiger partial charge >= 0.3 is 6.03 Å². The molecule has 7 nitrogen and oxygen atoms in total. The second-order valence-electron chi connectivity index (χ2n) is 7.28. The van der Waals surface area contributed by atoms with Crippen LogP contribution in [0, 0.1) is 11.6 Å². The van der Waals surface area contributed by atoms with Crippen LogP contribution in [0.25, 0.3) is 0 Å². The third kappa shape index (κ3) is 5.36. The van der Waals surface area contributed by atoms with E-state index in [1.807, 2.05) is 0 Å². The first-order chi connectivity index (χ1) is 15.1. The van der Waals surface area contributed by atoms with Crippen LogP contribution in [0.15, 0.2) is 53.1 Å². The number of hydrogen-bond donors (Lipinski definition) is 1. The van der Waals surface area contributed by atoms with Crippen molar-refractivity contribution in [3.63, 3.8) is 0 Å². The topological polar surface area (TPSA) is 80.5 Å². The summed E-state index contributed by atoms with van der Waals surface area (Å²) in [6, 6.07) is 11.1. The van der Waals surface area contributed by atoms with Crippen molar-refractivity contribution in [2.24, 2.45) is 0 Å². The number of aromatic nitrogens is 2. The summed E-state index contributed by atoms with van der Waals surface area (Å²) in [5, 5.41) is 6.91. The zero-order valence-corrected chi connectivity index (χ0v) is 16.8. The highest BCUT2D eigenvalue weighted by Crippen LogP contribution is 2.29. The number of likely N-dealkylation sites (tertiary alicyclic amines) is 1. The van der Waals surface area contributed by atoms with Gasteiger partial charge in [0.15, 0.2) is 12.4 Å². The predicted octanol–water partition coefficient (Wildman–Crippen LogP) is 4.36. The maximum absolute atomic E-state index is 13.0. The van der Waals surface area contributed by atoms with E-state index in [-0.39, 0.29) is 36.2 Å². The van der Waals surface area contributed by atoms with E-state index >= 15 is 0 Å². The van der Waals surface area contributed by atoms with E-state index in [1.54, 1.807) is 17.0 Å². The highest BCUT2D eigenvalue weighted by molar-refractivity contribution is 5.74. The highest BCUT2D eigenvalue weighted by atomic mass is 19.1. The molecule has 1 aromatic heterocycles. The summed E-state index contributed by atoms with van der Waals surface area (Å²) in [5.41, 5.74) is 0.808. The molecular weight excluding hydrogens is 406 g/mol. The van der Waals surface area contributed by atoms with Crippen LogP contribution < -0.4 is 10.1 Å². The molecule has 162 valence electrons. The number of rotatable bonds is 6. The Morgan fingerprint density at radius 3 is 2.55 bits per heavy atom. The van der Waals surface area contributed by atoms with Crippen molar-refractivity contribution in [2.75, 3.05) is 6.54 Å². The molecule has 9 heteroatoms. The number of ether oxygens (including phenoxy) is 1. The van der Waals surface area contributed by atoms with Crippen molar-refractivity contribution in [3.05, 3.63) is 77.4 Å². The van der Waals surface area contributed by atoms with Gasteiger partial charge in [-0.2, -0.15) is 4.98 Å². The lowest BCUT2D eigenvalue weighted by molar-refractivity contribution is 0.145. The Kier molecular flexibility index (Phi) is 6.40. The molecule has 1 unspecified atom stereocenters. The fraction of sp³-hybridized carbons (Fsp3) is 0.318. The minimum absolute atomic E-state index is 0.0438. The molecule has 0 saturated carbocycles. The number of urea groups is 1. The molecule has 0 aliphatic carbocycles. The van der Waals surface area contributed by atoms with E-state index in [0.717, 1.165) is 24.8 Å². The SMILES string of the molecule is O=C(NCc1ccc(F)cc1)N1CCCCC1c1noc(COc2ccc(F)cc2)n1. The lowest BCUT2D eigenvalue weighted by atomic mass is 10.0. The second-order valence-corrected chi connectivity index (χ2v) is 7.28. The average molecular weight is 428 g/mol. The number of halogens is 2. The smallest absolute Gasteiger partial charge is 0.318 e. The van der Waals surface area contributed by atoms with Crippen LogP contribution in [0.1, 0.15) is 42.6 Å². The Balaban J connectivity index is 1.37. The summed E-state index contributed by atoms with van der Waals surface area (Å²) in [6.07, 6.45) is 2.56. The average Bonchev–Trinajstić information content (AvgIpc) is 3.27. The normalized spacial score (nSPS) is 16.2. The first-order valence-electron chi connectivity index (χ1n) is 10.1. The molecule has 31 heavy (non-hydrogen) atoms.